The zero-order chi connectivity index (χ0) is 14.5. The Kier molecular flexibility index (Phi) is 4.57. The van der Waals surface area contributed by atoms with Crippen LogP contribution in [-0.2, 0) is 9.53 Å². The third kappa shape index (κ3) is 3.48. The van der Waals surface area contributed by atoms with Crippen LogP contribution in [0.15, 0.2) is 24.3 Å². The van der Waals surface area contributed by atoms with E-state index in [1.807, 2.05) is 6.92 Å². The Balaban J connectivity index is 1.86. The fraction of sp³-hybridized carbons (Fsp3) is 0.429. The summed E-state index contributed by atoms with van der Waals surface area (Å²) >= 11 is 0. The van der Waals surface area contributed by atoms with Crippen LogP contribution in [0.2, 0.25) is 0 Å². The molecule has 1 fully saturated rings. The van der Waals surface area contributed by atoms with Crippen molar-refractivity contribution in [2.24, 2.45) is 0 Å². The number of anilines is 1. The molecule has 6 nitrogen and oxygen atoms in total. The number of nitrogens with zero attached hydrogens (tertiary/aromatic N) is 1. The summed E-state index contributed by atoms with van der Waals surface area (Å²) < 4.78 is 5.28. The molecule has 0 spiro atoms. The molecule has 2 rings (SSSR count). The van der Waals surface area contributed by atoms with E-state index in [2.05, 4.69) is 5.32 Å². The molecule has 6 heteroatoms. The number of nitrogens with one attached hydrogen (secondary N) is 1. The minimum atomic E-state index is -0.278. The highest BCUT2D eigenvalue weighted by molar-refractivity contribution is 5.96. The highest BCUT2D eigenvalue weighted by Gasteiger charge is 2.23. The third-order valence-corrected chi connectivity index (χ3v) is 3.26. The molecule has 3 N–H and O–H groups in total. The number of nitrogen functional groups attached to an aromatic ring is 1. The number of hydrogen-bond acceptors (Lipinski definition) is 4. The van der Waals surface area contributed by atoms with Gasteiger partial charge in [0, 0.05) is 17.8 Å². The van der Waals surface area contributed by atoms with Crippen LogP contribution in [0.5, 0.6) is 0 Å². The lowest BCUT2D eigenvalue weighted by molar-refractivity contribution is -0.137. The molecule has 1 aromatic rings. The van der Waals surface area contributed by atoms with Gasteiger partial charge in [0.1, 0.15) is 0 Å². The molecule has 1 aliphatic rings. The van der Waals surface area contributed by atoms with Crippen LogP contribution in [0, 0.1) is 0 Å². The summed E-state index contributed by atoms with van der Waals surface area (Å²) in [5.41, 5.74) is 6.64. The molecule has 1 aromatic carbocycles. The van der Waals surface area contributed by atoms with Crippen LogP contribution in [0.4, 0.5) is 5.69 Å². The topological polar surface area (TPSA) is 84.7 Å². The van der Waals surface area contributed by atoms with Gasteiger partial charge in [-0.1, -0.05) is 0 Å². The number of ether oxygens (including phenoxy) is 1. The molecular formula is C14H19N3O3. The minimum Gasteiger partial charge on any atom is -0.399 e. The lowest BCUT2D eigenvalue weighted by atomic mass is 10.2. The van der Waals surface area contributed by atoms with Gasteiger partial charge in [0.05, 0.1) is 25.8 Å². The van der Waals surface area contributed by atoms with Crippen molar-refractivity contribution in [2.75, 3.05) is 32.0 Å². The van der Waals surface area contributed by atoms with E-state index in [-0.39, 0.29) is 24.4 Å². The maximum atomic E-state index is 12.0. The summed E-state index contributed by atoms with van der Waals surface area (Å²) in [6.07, 6.45) is 0. The molecule has 0 unspecified atom stereocenters. The number of morpholine rings is 1. The SMILES string of the molecule is C[C@@H]1COCCN1C(=O)CNC(=O)c1ccc(N)cc1. The van der Waals surface area contributed by atoms with Crippen LogP contribution in [-0.4, -0.2) is 49.1 Å². The van der Waals surface area contributed by atoms with Crippen molar-refractivity contribution in [3.8, 4) is 0 Å². The number of nitrogens with two attached hydrogens (primary N) is 1. The molecule has 0 saturated carbocycles. The van der Waals surface area contributed by atoms with Crippen molar-refractivity contribution < 1.29 is 14.3 Å². The van der Waals surface area contributed by atoms with Crippen LogP contribution in [0.1, 0.15) is 17.3 Å². The van der Waals surface area contributed by atoms with Gasteiger partial charge in [-0.2, -0.15) is 0 Å². The van der Waals surface area contributed by atoms with Crippen molar-refractivity contribution in [1.29, 1.82) is 0 Å². The quantitative estimate of drug-likeness (QED) is 0.775. The van der Waals surface area contributed by atoms with Gasteiger partial charge >= 0.3 is 0 Å². The molecule has 2 amide bonds. The lowest BCUT2D eigenvalue weighted by Crippen LogP contribution is -2.50. The summed E-state index contributed by atoms with van der Waals surface area (Å²) in [5.74, 6) is -0.371. The maximum Gasteiger partial charge on any atom is 0.251 e. The first kappa shape index (κ1) is 14.3. The van der Waals surface area contributed by atoms with Crippen LogP contribution in [0.25, 0.3) is 0 Å². The number of benzene rings is 1. The van der Waals surface area contributed by atoms with Gasteiger partial charge in [-0.3, -0.25) is 9.59 Å². The van der Waals surface area contributed by atoms with Crippen molar-refractivity contribution in [3.05, 3.63) is 29.8 Å². The van der Waals surface area contributed by atoms with Gasteiger partial charge in [0.25, 0.3) is 5.91 Å². The highest BCUT2D eigenvalue weighted by Crippen LogP contribution is 2.07. The van der Waals surface area contributed by atoms with Crippen molar-refractivity contribution in [2.45, 2.75) is 13.0 Å². The molecule has 1 saturated heterocycles. The second-order valence-electron chi connectivity index (χ2n) is 4.82. The molecule has 108 valence electrons. The molecular weight excluding hydrogens is 258 g/mol. The lowest BCUT2D eigenvalue weighted by Gasteiger charge is -2.33. The van der Waals surface area contributed by atoms with Crippen molar-refractivity contribution in [3.63, 3.8) is 0 Å². The molecule has 0 bridgehead atoms. The Hall–Kier alpha value is -2.08. The Morgan fingerprint density at radius 2 is 2.10 bits per heavy atom. The molecule has 1 heterocycles. The van der Waals surface area contributed by atoms with Gasteiger partial charge in [-0.15, -0.1) is 0 Å². The third-order valence-electron chi connectivity index (χ3n) is 3.26. The summed E-state index contributed by atoms with van der Waals surface area (Å²) in [6, 6.07) is 6.62. The highest BCUT2D eigenvalue weighted by atomic mass is 16.5. The largest absolute Gasteiger partial charge is 0.399 e. The fourth-order valence-corrected chi connectivity index (χ4v) is 2.09. The smallest absolute Gasteiger partial charge is 0.251 e. The van der Waals surface area contributed by atoms with E-state index in [0.29, 0.717) is 31.0 Å². The van der Waals surface area contributed by atoms with E-state index in [9.17, 15) is 9.59 Å². The average Bonchev–Trinajstić information content (AvgIpc) is 2.45. The molecule has 20 heavy (non-hydrogen) atoms. The van der Waals surface area contributed by atoms with E-state index in [0.717, 1.165) is 0 Å². The molecule has 0 aromatic heterocycles. The Morgan fingerprint density at radius 1 is 1.40 bits per heavy atom. The number of hydrogen-bond donors (Lipinski definition) is 2. The van der Waals surface area contributed by atoms with Crippen LogP contribution < -0.4 is 11.1 Å². The molecule has 0 radical (unpaired) electrons. The average molecular weight is 277 g/mol. The zero-order valence-corrected chi connectivity index (χ0v) is 11.5. The van der Waals surface area contributed by atoms with Crippen LogP contribution in [0.3, 0.4) is 0 Å². The Bertz CT molecular complexity index is 487. The molecule has 1 aliphatic heterocycles. The maximum absolute atomic E-state index is 12.0. The van der Waals surface area contributed by atoms with Gasteiger partial charge in [0.15, 0.2) is 0 Å². The first-order valence-corrected chi connectivity index (χ1v) is 6.59. The van der Waals surface area contributed by atoms with Crippen molar-refractivity contribution in [1.82, 2.24) is 10.2 Å². The molecule has 1 atom stereocenters. The fourth-order valence-electron chi connectivity index (χ4n) is 2.09. The first-order chi connectivity index (χ1) is 9.58. The Morgan fingerprint density at radius 3 is 2.75 bits per heavy atom. The second kappa shape index (κ2) is 6.38. The summed E-state index contributed by atoms with van der Waals surface area (Å²) in [7, 11) is 0. The summed E-state index contributed by atoms with van der Waals surface area (Å²) in [5, 5.41) is 2.62. The predicted octanol–water partition coefficient (Wildman–Crippen LogP) is 0.246. The Labute approximate surface area is 117 Å². The van der Waals surface area contributed by atoms with Gasteiger partial charge in [-0.25, -0.2) is 0 Å². The zero-order valence-electron chi connectivity index (χ0n) is 11.5. The second-order valence-corrected chi connectivity index (χ2v) is 4.82. The summed E-state index contributed by atoms with van der Waals surface area (Å²) in [4.78, 5) is 25.6. The number of carbonyl (C=O) groups is 2. The van der Waals surface area contributed by atoms with Gasteiger partial charge in [0.2, 0.25) is 5.91 Å². The molecule has 0 aliphatic carbocycles. The van der Waals surface area contributed by atoms with Gasteiger partial charge in [-0.05, 0) is 31.2 Å². The number of carbonyl (C=O) groups excluding carboxylic acids is 2. The van der Waals surface area contributed by atoms with E-state index in [1.54, 1.807) is 29.2 Å². The monoisotopic (exact) mass is 277 g/mol. The predicted molar refractivity (Wildman–Crippen MR) is 75.2 cm³/mol. The van der Waals surface area contributed by atoms with E-state index < -0.39 is 0 Å². The number of amides is 2. The standard InChI is InChI=1S/C14H19N3O3/c1-10-9-20-7-6-17(10)13(18)8-16-14(19)11-2-4-12(15)5-3-11/h2-5,10H,6-9,15H2,1H3,(H,16,19)/t10-/m1/s1. The minimum absolute atomic E-state index is 0.00640. The summed E-state index contributed by atoms with van der Waals surface area (Å²) in [6.45, 7) is 3.57. The number of rotatable bonds is 3. The van der Waals surface area contributed by atoms with E-state index in [1.165, 1.54) is 0 Å². The van der Waals surface area contributed by atoms with E-state index in [4.69, 9.17) is 10.5 Å². The van der Waals surface area contributed by atoms with E-state index >= 15 is 0 Å². The van der Waals surface area contributed by atoms with Gasteiger partial charge < -0.3 is 20.7 Å². The van der Waals surface area contributed by atoms with Crippen LogP contribution >= 0.6 is 0 Å². The normalized spacial score (nSPS) is 18.6. The van der Waals surface area contributed by atoms with Crippen molar-refractivity contribution >= 4 is 17.5 Å². The first-order valence-electron chi connectivity index (χ1n) is 6.59.